The van der Waals surface area contributed by atoms with E-state index in [9.17, 15) is 8.42 Å². The van der Waals surface area contributed by atoms with Crippen molar-refractivity contribution >= 4 is 10.0 Å². The first-order valence-corrected chi connectivity index (χ1v) is 7.73. The van der Waals surface area contributed by atoms with Crippen LogP contribution in [0.15, 0.2) is 35.4 Å². The number of H-pyrrole nitrogens is 1. The maximum atomic E-state index is 12.2. The fraction of sp³-hybridized carbons (Fsp3) is 0.308. The first kappa shape index (κ1) is 14.7. The zero-order valence-corrected chi connectivity index (χ0v) is 12.3. The van der Waals surface area contributed by atoms with Crippen LogP contribution in [0.25, 0.3) is 0 Å². The average Bonchev–Trinajstić information content (AvgIpc) is 2.83. The van der Waals surface area contributed by atoms with E-state index in [0.29, 0.717) is 6.54 Å². The quantitative estimate of drug-likeness (QED) is 0.739. The molecule has 0 saturated heterocycles. The summed E-state index contributed by atoms with van der Waals surface area (Å²) in [6.07, 6.45) is 1.62. The molecular formula is C13H18N4O2S. The highest BCUT2D eigenvalue weighted by Gasteiger charge is 2.14. The predicted octanol–water partition coefficient (Wildman–Crippen LogP) is 0.916. The monoisotopic (exact) mass is 294 g/mol. The standard InChI is InChI=1S/C13H18N4O2S/c1-10-12(8-15-17-10)9-16-20(18,19)13-5-3-4-11(6-13)7-14-2/h3-6,8,14,16H,7,9H2,1-2H3,(H,15,17). The van der Waals surface area contributed by atoms with E-state index < -0.39 is 10.0 Å². The number of hydrogen-bond acceptors (Lipinski definition) is 4. The molecule has 0 amide bonds. The van der Waals surface area contributed by atoms with E-state index in [2.05, 4.69) is 20.2 Å². The molecule has 0 radical (unpaired) electrons. The molecule has 0 spiro atoms. The van der Waals surface area contributed by atoms with Gasteiger partial charge in [0.2, 0.25) is 10.0 Å². The summed E-state index contributed by atoms with van der Waals surface area (Å²) in [4.78, 5) is 0.270. The van der Waals surface area contributed by atoms with Crippen molar-refractivity contribution in [1.29, 1.82) is 0 Å². The molecule has 1 heterocycles. The number of rotatable bonds is 6. The third-order valence-corrected chi connectivity index (χ3v) is 4.38. The lowest BCUT2D eigenvalue weighted by Gasteiger charge is -2.08. The second kappa shape index (κ2) is 6.17. The molecule has 0 atom stereocenters. The Morgan fingerprint density at radius 3 is 2.75 bits per heavy atom. The molecular weight excluding hydrogens is 276 g/mol. The van der Waals surface area contributed by atoms with Gasteiger partial charge in [-0.1, -0.05) is 12.1 Å². The van der Waals surface area contributed by atoms with Crippen molar-refractivity contribution in [1.82, 2.24) is 20.2 Å². The SMILES string of the molecule is CNCc1cccc(S(=O)(=O)NCc2cn[nH]c2C)c1. The van der Waals surface area contributed by atoms with E-state index in [0.717, 1.165) is 16.8 Å². The predicted molar refractivity (Wildman–Crippen MR) is 76.6 cm³/mol. The summed E-state index contributed by atoms with van der Waals surface area (Å²) < 4.78 is 27.0. The zero-order valence-electron chi connectivity index (χ0n) is 11.5. The molecule has 108 valence electrons. The summed E-state index contributed by atoms with van der Waals surface area (Å²) in [7, 11) is -1.69. The van der Waals surface area contributed by atoms with Crippen molar-refractivity contribution in [3.63, 3.8) is 0 Å². The van der Waals surface area contributed by atoms with E-state index in [1.54, 1.807) is 24.4 Å². The van der Waals surface area contributed by atoms with E-state index in [1.165, 1.54) is 0 Å². The van der Waals surface area contributed by atoms with Gasteiger partial charge < -0.3 is 5.32 Å². The van der Waals surface area contributed by atoms with Gasteiger partial charge in [-0.05, 0) is 31.7 Å². The molecule has 20 heavy (non-hydrogen) atoms. The van der Waals surface area contributed by atoms with Crippen LogP contribution in [0.5, 0.6) is 0 Å². The van der Waals surface area contributed by atoms with Crippen LogP contribution < -0.4 is 10.0 Å². The van der Waals surface area contributed by atoms with E-state index in [1.807, 2.05) is 20.0 Å². The van der Waals surface area contributed by atoms with Crippen LogP contribution in [-0.4, -0.2) is 25.7 Å². The Hall–Kier alpha value is -1.70. The summed E-state index contributed by atoms with van der Waals surface area (Å²) in [6.45, 7) is 2.70. The number of sulfonamides is 1. The molecule has 2 rings (SSSR count). The zero-order chi connectivity index (χ0) is 14.6. The number of aromatic nitrogens is 2. The normalized spacial score (nSPS) is 11.7. The van der Waals surface area contributed by atoms with Crippen LogP contribution in [0.4, 0.5) is 0 Å². The molecule has 0 aliphatic carbocycles. The second-order valence-electron chi connectivity index (χ2n) is 4.52. The molecule has 6 nitrogen and oxygen atoms in total. The highest BCUT2D eigenvalue weighted by molar-refractivity contribution is 7.89. The lowest BCUT2D eigenvalue weighted by molar-refractivity contribution is 0.581. The lowest BCUT2D eigenvalue weighted by atomic mass is 10.2. The van der Waals surface area contributed by atoms with Crippen LogP contribution in [0.3, 0.4) is 0 Å². The maximum Gasteiger partial charge on any atom is 0.240 e. The van der Waals surface area contributed by atoms with Crippen molar-refractivity contribution in [2.24, 2.45) is 0 Å². The van der Waals surface area contributed by atoms with Crippen molar-refractivity contribution in [2.45, 2.75) is 24.9 Å². The third-order valence-electron chi connectivity index (χ3n) is 2.98. The van der Waals surface area contributed by atoms with Gasteiger partial charge in [0.05, 0.1) is 11.1 Å². The topological polar surface area (TPSA) is 86.9 Å². The minimum Gasteiger partial charge on any atom is -0.316 e. The minimum absolute atomic E-state index is 0.223. The lowest BCUT2D eigenvalue weighted by Crippen LogP contribution is -2.23. The van der Waals surface area contributed by atoms with Crippen LogP contribution >= 0.6 is 0 Å². The Bertz CT molecular complexity index is 679. The molecule has 0 fully saturated rings. The van der Waals surface area contributed by atoms with Crippen LogP contribution in [-0.2, 0) is 23.1 Å². The first-order chi connectivity index (χ1) is 9.53. The Morgan fingerprint density at radius 2 is 2.10 bits per heavy atom. The highest BCUT2D eigenvalue weighted by Crippen LogP contribution is 2.12. The fourth-order valence-electron chi connectivity index (χ4n) is 1.84. The molecule has 0 aliphatic heterocycles. The third kappa shape index (κ3) is 3.44. The van der Waals surface area contributed by atoms with Gasteiger partial charge in [-0.3, -0.25) is 5.10 Å². The molecule has 1 aromatic heterocycles. The van der Waals surface area contributed by atoms with Crippen LogP contribution in [0, 0.1) is 6.92 Å². The molecule has 3 N–H and O–H groups in total. The summed E-state index contributed by atoms with van der Waals surface area (Å²) in [5, 5.41) is 9.64. The first-order valence-electron chi connectivity index (χ1n) is 6.25. The molecule has 0 aliphatic rings. The van der Waals surface area contributed by atoms with Crippen LogP contribution in [0.2, 0.25) is 0 Å². The van der Waals surface area contributed by atoms with E-state index in [4.69, 9.17) is 0 Å². The number of aromatic amines is 1. The van der Waals surface area contributed by atoms with Gasteiger partial charge in [-0.25, -0.2) is 13.1 Å². The van der Waals surface area contributed by atoms with E-state index >= 15 is 0 Å². The molecule has 1 aromatic carbocycles. The Morgan fingerprint density at radius 1 is 1.30 bits per heavy atom. The minimum atomic E-state index is -3.51. The van der Waals surface area contributed by atoms with Gasteiger partial charge in [0.1, 0.15) is 0 Å². The number of nitrogens with zero attached hydrogens (tertiary/aromatic N) is 1. The molecule has 0 saturated carbocycles. The summed E-state index contributed by atoms with van der Waals surface area (Å²) in [5.41, 5.74) is 2.62. The summed E-state index contributed by atoms with van der Waals surface area (Å²) >= 11 is 0. The Balaban J connectivity index is 2.14. The molecule has 0 unspecified atom stereocenters. The molecule has 7 heteroatoms. The number of nitrogens with one attached hydrogen (secondary N) is 3. The number of hydrogen-bond donors (Lipinski definition) is 3. The van der Waals surface area contributed by atoms with Gasteiger partial charge >= 0.3 is 0 Å². The average molecular weight is 294 g/mol. The van der Waals surface area contributed by atoms with Crippen molar-refractivity contribution in [3.8, 4) is 0 Å². The summed E-state index contributed by atoms with van der Waals surface area (Å²) in [6, 6.07) is 6.88. The Kier molecular flexibility index (Phi) is 4.53. The van der Waals surface area contributed by atoms with E-state index in [-0.39, 0.29) is 11.4 Å². The van der Waals surface area contributed by atoms with Crippen LogP contribution in [0.1, 0.15) is 16.8 Å². The van der Waals surface area contributed by atoms with Gasteiger partial charge in [-0.2, -0.15) is 5.10 Å². The van der Waals surface area contributed by atoms with Gasteiger partial charge in [-0.15, -0.1) is 0 Å². The van der Waals surface area contributed by atoms with Crippen molar-refractivity contribution < 1.29 is 8.42 Å². The van der Waals surface area contributed by atoms with Crippen molar-refractivity contribution in [3.05, 3.63) is 47.3 Å². The number of benzene rings is 1. The fourth-order valence-corrected chi connectivity index (χ4v) is 2.91. The van der Waals surface area contributed by atoms with Gasteiger partial charge in [0, 0.05) is 24.3 Å². The second-order valence-corrected chi connectivity index (χ2v) is 6.29. The maximum absolute atomic E-state index is 12.2. The molecule has 2 aromatic rings. The largest absolute Gasteiger partial charge is 0.316 e. The highest BCUT2D eigenvalue weighted by atomic mass is 32.2. The number of aryl methyl sites for hydroxylation is 1. The summed E-state index contributed by atoms with van der Waals surface area (Å²) in [5.74, 6) is 0. The Labute approximate surface area is 118 Å². The van der Waals surface area contributed by atoms with Gasteiger partial charge in [0.15, 0.2) is 0 Å². The van der Waals surface area contributed by atoms with Crippen molar-refractivity contribution in [2.75, 3.05) is 7.05 Å². The molecule has 0 bridgehead atoms. The smallest absolute Gasteiger partial charge is 0.240 e. The van der Waals surface area contributed by atoms with Gasteiger partial charge in [0.25, 0.3) is 0 Å².